The first-order chi connectivity index (χ1) is 11.8. The molecular formula is C16H20ClN3O5. The van der Waals surface area contributed by atoms with Crippen molar-refractivity contribution in [3.63, 3.8) is 0 Å². The number of alkyl halides is 1. The van der Waals surface area contributed by atoms with Crippen LogP contribution in [0.4, 0.5) is 0 Å². The van der Waals surface area contributed by atoms with Gasteiger partial charge in [-0.2, -0.15) is 0 Å². The Labute approximate surface area is 149 Å². The number of carbonyl (C=O) groups is 4. The van der Waals surface area contributed by atoms with Gasteiger partial charge in [0.2, 0.25) is 17.7 Å². The lowest BCUT2D eigenvalue weighted by Gasteiger charge is -2.17. The van der Waals surface area contributed by atoms with E-state index in [1.165, 1.54) is 19.1 Å². The van der Waals surface area contributed by atoms with Crippen LogP contribution in [0.3, 0.4) is 0 Å². The lowest BCUT2D eigenvalue weighted by atomic mass is 10.0. The van der Waals surface area contributed by atoms with Gasteiger partial charge in [0.25, 0.3) is 0 Å². The summed E-state index contributed by atoms with van der Waals surface area (Å²) in [4.78, 5) is 46.1. The molecule has 0 spiro atoms. The van der Waals surface area contributed by atoms with Crippen LogP contribution in [0, 0.1) is 0 Å². The van der Waals surface area contributed by atoms with E-state index in [-0.39, 0.29) is 36.9 Å². The number of carbonyl (C=O) groups excluding carboxylic acids is 4. The van der Waals surface area contributed by atoms with Gasteiger partial charge in [-0.1, -0.05) is 12.1 Å². The Hall–Kier alpha value is -2.61. The van der Waals surface area contributed by atoms with Crippen molar-refractivity contribution in [3.05, 3.63) is 29.8 Å². The van der Waals surface area contributed by atoms with E-state index in [9.17, 15) is 24.3 Å². The zero-order chi connectivity index (χ0) is 18.8. The molecule has 8 nitrogen and oxygen atoms in total. The molecule has 4 N–H and O–H groups in total. The summed E-state index contributed by atoms with van der Waals surface area (Å²) in [7, 11) is 0. The van der Waals surface area contributed by atoms with Crippen molar-refractivity contribution in [2.75, 3.05) is 19.0 Å². The van der Waals surface area contributed by atoms with Gasteiger partial charge in [-0.05, 0) is 17.7 Å². The molecule has 0 saturated heterocycles. The molecule has 0 aliphatic rings. The number of Topliss-reactive ketones (excluding diaryl/α,β-unsaturated/α-hetero) is 1. The van der Waals surface area contributed by atoms with Crippen molar-refractivity contribution >= 4 is 35.1 Å². The Morgan fingerprint density at radius 1 is 1.08 bits per heavy atom. The molecule has 0 aliphatic carbocycles. The Bertz CT molecular complexity index is 633. The highest BCUT2D eigenvalue weighted by Crippen LogP contribution is 2.11. The molecule has 3 amide bonds. The molecule has 0 unspecified atom stereocenters. The van der Waals surface area contributed by atoms with Gasteiger partial charge in [-0.15, -0.1) is 11.6 Å². The summed E-state index contributed by atoms with van der Waals surface area (Å²) in [6, 6.07) is 5.32. The van der Waals surface area contributed by atoms with Gasteiger partial charge in [-0.3, -0.25) is 19.2 Å². The van der Waals surface area contributed by atoms with E-state index >= 15 is 0 Å². The first-order valence-electron chi connectivity index (χ1n) is 7.49. The Kier molecular flexibility index (Phi) is 8.42. The second-order valence-corrected chi connectivity index (χ2v) is 5.56. The molecule has 9 heteroatoms. The first kappa shape index (κ1) is 20.4. The van der Waals surface area contributed by atoms with E-state index in [1.807, 2.05) is 0 Å². The minimum absolute atomic E-state index is 0.0902. The van der Waals surface area contributed by atoms with Crippen molar-refractivity contribution in [1.82, 2.24) is 16.0 Å². The molecule has 0 aromatic heterocycles. The maximum absolute atomic E-state index is 12.2. The predicted molar refractivity (Wildman–Crippen MR) is 91.2 cm³/mol. The first-order valence-corrected chi connectivity index (χ1v) is 8.02. The molecule has 0 bridgehead atoms. The smallest absolute Gasteiger partial charge is 0.243 e. The number of hydrogen-bond acceptors (Lipinski definition) is 5. The average molecular weight is 370 g/mol. The van der Waals surface area contributed by atoms with Crippen molar-refractivity contribution in [1.29, 1.82) is 0 Å². The summed E-state index contributed by atoms with van der Waals surface area (Å²) in [5, 5.41) is 16.5. The maximum atomic E-state index is 12.2. The number of nitrogens with one attached hydrogen (secondary N) is 3. The van der Waals surface area contributed by atoms with Gasteiger partial charge in [0.1, 0.15) is 11.8 Å². The van der Waals surface area contributed by atoms with Crippen LogP contribution in [0.25, 0.3) is 0 Å². The fourth-order valence-corrected chi connectivity index (χ4v) is 2.01. The number of aromatic hydroxyl groups is 1. The quantitative estimate of drug-likeness (QED) is 0.436. The van der Waals surface area contributed by atoms with Gasteiger partial charge >= 0.3 is 0 Å². The molecule has 1 atom stereocenters. The average Bonchev–Trinajstić information content (AvgIpc) is 2.58. The van der Waals surface area contributed by atoms with Gasteiger partial charge in [0.05, 0.1) is 19.0 Å². The minimum Gasteiger partial charge on any atom is -0.508 e. The molecule has 25 heavy (non-hydrogen) atoms. The molecule has 0 aliphatic heterocycles. The third-order valence-electron chi connectivity index (χ3n) is 3.13. The van der Waals surface area contributed by atoms with E-state index in [4.69, 9.17) is 11.6 Å². The van der Waals surface area contributed by atoms with Crippen LogP contribution in [0.15, 0.2) is 24.3 Å². The number of benzene rings is 1. The van der Waals surface area contributed by atoms with Crippen LogP contribution >= 0.6 is 11.6 Å². The van der Waals surface area contributed by atoms with E-state index in [0.717, 1.165) is 5.56 Å². The molecule has 0 fully saturated rings. The van der Waals surface area contributed by atoms with E-state index < -0.39 is 23.8 Å². The third kappa shape index (κ3) is 8.16. The third-order valence-corrected chi connectivity index (χ3v) is 3.42. The molecule has 0 heterocycles. The highest BCUT2D eigenvalue weighted by Gasteiger charge is 2.20. The van der Waals surface area contributed by atoms with E-state index in [1.54, 1.807) is 12.1 Å². The Morgan fingerprint density at radius 2 is 1.72 bits per heavy atom. The van der Waals surface area contributed by atoms with Gasteiger partial charge in [0.15, 0.2) is 5.78 Å². The van der Waals surface area contributed by atoms with Crippen molar-refractivity contribution in [2.45, 2.75) is 19.4 Å². The van der Waals surface area contributed by atoms with Crippen molar-refractivity contribution < 1.29 is 24.3 Å². The zero-order valence-corrected chi connectivity index (χ0v) is 14.4. The highest BCUT2D eigenvalue weighted by atomic mass is 35.5. The Morgan fingerprint density at radius 3 is 2.28 bits per heavy atom. The zero-order valence-electron chi connectivity index (χ0n) is 13.7. The standard InChI is InChI=1S/C16H20ClN3O5/c1-10(21)20-14(6-11-2-4-12(22)5-3-11)16(25)19-9-15(24)18-8-13(23)7-17/h2-5,14,22H,6-9H2,1H3,(H,18,24)(H,19,25)(H,20,21)/t14-/m0/s1. The summed E-state index contributed by atoms with van der Waals surface area (Å²) < 4.78 is 0. The molecule has 1 aromatic rings. The van der Waals surface area contributed by atoms with Gasteiger partial charge < -0.3 is 21.1 Å². The molecule has 1 aromatic carbocycles. The number of ketones is 1. The molecular weight excluding hydrogens is 350 g/mol. The van der Waals surface area contributed by atoms with Crippen molar-refractivity contribution in [3.8, 4) is 5.75 Å². The number of rotatable bonds is 9. The fraction of sp³-hybridized carbons (Fsp3) is 0.375. The van der Waals surface area contributed by atoms with Crippen LogP contribution < -0.4 is 16.0 Å². The second kappa shape index (κ2) is 10.3. The molecule has 0 saturated carbocycles. The molecule has 0 radical (unpaired) electrons. The van der Waals surface area contributed by atoms with E-state index in [0.29, 0.717) is 0 Å². The summed E-state index contributed by atoms with van der Waals surface area (Å²) in [5.41, 5.74) is 0.726. The summed E-state index contributed by atoms with van der Waals surface area (Å²) in [6.45, 7) is 0.739. The monoisotopic (exact) mass is 369 g/mol. The summed E-state index contributed by atoms with van der Waals surface area (Å²) in [5.74, 6) is -1.93. The SMILES string of the molecule is CC(=O)N[C@@H](Cc1ccc(O)cc1)C(=O)NCC(=O)NCC(=O)CCl. The number of hydrogen-bond donors (Lipinski definition) is 4. The topological polar surface area (TPSA) is 125 Å². The minimum atomic E-state index is -0.876. The van der Waals surface area contributed by atoms with Gasteiger partial charge in [0, 0.05) is 13.3 Å². The maximum Gasteiger partial charge on any atom is 0.243 e. The fourth-order valence-electron chi connectivity index (χ4n) is 1.92. The lowest BCUT2D eigenvalue weighted by molar-refractivity contribution is -0.130. The highest BCUT2D eigenvalue weighted by molar-refractivity contribution is 6.28. The lowest BCUT2D eigenvalue weighted by Crippen LogP contribution is -2.49. The van der Waals surface area contributed by atoms with E-state index in [2.05, 4.69) is 16.0 Å². The van der Waals surface area contributed by atoms with Gasteiger partial charge in [-0.25, -0.2) is 0 Å². The molecule has 1 rings (SSSR count). The van der Waals surface area contributed by atoms with Crippen molar-refractivity contribution in [2.24, 2.45) is 0 Å². The number of amides is 3. The summed E-state index contributed by atoms with van der Waals surface area (Å²) >= 11 is 5.31. The summed E-state index contributed by atoms with van der Waals surface area (Å²) in [6.07, 6.45) is 0.193. The van der Waals surface area contributed by atoms with Crippen LogP contribution in [0.1, 0.15) is 12.5 Å². The largest absolute Gasteiger partial charge is 0.508 e. The van der Waals surface area contributed by atoms with Crippen LogP contribution in [-0.2, 0) is 25.6 Å². The molecule has 136 valence electrons. The van der Waals surface area contributed by atoms with Crippen LogP contribution in [0.2, 0.25) is 0 Å². The number of halogens is 1. The predicted octanol–water partition coefficient (Wildman–Crippen LogP) is -0.520. The number of phenolic OH excluding ortho intramolecular Hbond substituents is 1. The second-order valence-electron chi connectivity index (χ2n) is 5.29. The normalized spacial score (nSPS) is 11.3. The number of phenols is 1. The Balaban J connectivity index is 2.58. The van der Waals surface area contributed by atoms with Crippen LogP contribution in [-0.4, -0.2) is 53.6 Å². The van der Waals surface area contributed by atoms with Crippen LogP contribution in [0.5, 0.6) is 5.75 Å².